The van der Waals surface area contributed by atoms with E-state index in [0.717, 1.165) is 24.6 Å². The van der Waals surface area contributed by atoms with Crippen molar-refractivity contribution in [3.05, 3.63) is 15.6 Å². The number of thiazole rings is 1. The van der Waals surface area contributed by atoms with Crippen LogP contribution >= 0.6 is 11.3 Å². The maximum atomic E-state index is 5.82. The molecule has 0 aliphatic heterocycles. The summed E-state index contributed by atoms with van der Waals surface area (Å²) in [6.45, 7) is 10.2. The molecule has 0 saturated heterocycles. The average molecular weight is 268 g/mol. The first-order chi connectivity index (χ1) is 8.58. The molecule has 0 bridgehead atoms. The number of hydrogen-bond donors (Lipinski definition) is 1. The third-order valence-corrected chi connectivity index (χ3v) is 4.94. The van der Waals surface area contributed by atoms with Crippen LogP contribution in [0.3, 0.4) is 0 Å². The van der Waals surface area contributed by atoms with Gasteiger partial charge < -0.3 is 10.1 Å². The summed E-state index contributed by atoms with van der Waals surface area (Å²) < 4.78 is 5.82. The first-order valence-electron chi connectivity index (χ1n) is 6.96. The SMILES string of the molecule is CCNC1CCCc2nc(C(C)(C)OCC)sc21. The number of hydrogen-bond acceptors (Lipinski definition) is 4. The Morgan fingerprint density at radius 3 is 2.89 bits per heavy atom. The van der Waals surface area contributed by atoms with Crippen molar-refractivity contribution in [1.82, 2.24) is 10.3 Å². The van der Waals surface area contributed by atoms with Crippen LogP contribution in [0.15, 0.2) is 0 Å². The second-order valence-electron chi connectivity index (χ2n) is 5.28. The van der Waals surface area contributed by atoms with Gasteiger partial charge in [0.15, 0.2) is 0 Å². The highest BCUT2D eigenvalue weighted by molar-refractivity contribution is 7.12. The number of fused-ring (bicyclic) bond motifs is 1. The van der Waals surface area contributed by atoms with E-state index in [1.165, 1.54) is 23.4 Å². The molecule has 1 unspecified atom stereocenters. The third kappa shape index (κ3) is 2.76. The monoisotopic (exact) mass is 268 g/mol. The van der Waals surface area contributed by atoms with Gasteiger partial charge in [-0.3, -0.25) is 0 Å². The number of rotatable bonds is 5. The molecule has 0 amide bonds. The van der Waals surface area contributed by atoms with E-state index in [1.54, 1.807) is 0 Å². The lowest BCUT2D eigenvalue weighted by atomic mass is 9.98. The summed E-state index contributed by atoms with van der Waals surface area (Å²) in [5, 5.41) is 4.69. The van der Waals surface area contributed by atoms with Crippen molar-refractivity contribution in [2.75, 3.05) is 13.2 Å². The lowest BCUT2D eigenvalue weighted by Crippen LogP contribution is -2.23. The predicted molar refractivity (Wildman–Crippen MR) is 76.1 cm³/mol. The van der Waals surface area contributed by atoms with Crippen molar-refractivity contribution >= 4 is 11.3 Å². The normalized spacial score (nSPS) is 19.9. The van der Waals surface area contributed by atoms with E-state index < -0.39 is 0 Å². The van der Waals surface area contributed by atoms with Crippen LogP contribution in [0.4, 0.5) is 0 Å². The number of aryl methyl sites for hydroxylation is 1. The Labute approximate surface area is 114 Å². The van der Waals surface area contributed by atoms with Gasteiger partial charge in [0.2, 0.25) is 0 Å². The molecule has 0 fully saturated rings. The molecule has 1 aromatic rings. The van der Waals surface area contributed by atoms with Crippen LogP contribution < -0.4 is 5.32 Å². The molecule has 0 spiro atoms. The van der Waals surface area contributed by atoms with Crippen molar-refractivity contribution in [3.8, 4) is 0 Å². The third-order valence-electron chi connectivity index (χ3n) is 3.42. The van der Waals surface area contributed by atoms with Crippen molar-refractivity contribution < 1.29 is 4.74 Å². The van der Waals surface area contributed by atoms with E-state index in [1.807, 2.05) is 18.3 Å². The van der Waals surface area contributed by atoms with E-state index in [-0.39, 0.29) is 5.60 Å². The van der Waals surface area contributed by atoms with E-state index in [0.29, 0.717) is 6.04 Å². The zero-order valence-corrected chi connectivity index (χ0v) is 12.7. The molecule has 18 heavy (non-hydrogen) atoms. The topological polar surface area (TPSA) is 34.2 Å². The summed E-state index contributed by atoms with van der Waals surface area (Å²) >= 11 is 1.83. The summed E-state index contributed by atoms with van der Waals surface area (Å²) in [5.74, 6) is 0. The van der Waals surface area contributed by atoms with E-state index in [9.17, 15) is 0 Å². The van der Waals surface area contributed by atoms with Gasteiger partial charge in [-0.15, -0.1) is 11.3 Å². The lowest BCUT2D eigenvalue weighted by Gasteiger charge is -2.22. The molecule has 0 saturated carbocycles. The zero-order chi connectivity index (χ0) is 13.2. The smallest absolute Gasteiger partial charge is 0.125 e. The van der Waals surface area contributed by atoms with Crippen LogP contribution in [-0.4, -0.2) is 18.1 Å². The van der Waals surface area contributed by atoms with Crippen LogP contribution in [0.25, 0.3) is 0 Å². The van der Waals surface area contributed by atoms with Gasteiger partial charge >= 0.3 is 0 Å². The zero-order valence-electron chi connectivity index (χ0n) is 11.9. The maximum Gasteiger partial charge on any atom is 0.125 e. The van der Waals surface area contributed by atoms with Gasteiger partial charge in [0.05, 0.1) is 5.69 Å². The predicted octanol–water partition coefficient (Wildman–Crippen LogP) is 3.40. The van der Waals surface area contributed by atoms with E-state index in [2.05, 4.69) is 26.1 Å². The Balaban J connectivity index is 2.26. The molecular formula is C14H24N2OS. The minimum atomic E-state index is -0.256. The van der Waals surface area contributed by atoms with Crippen LogP contribution in [-0.2, 0) is 16.8 Å². The standard InChI is InChI=1S/C14H24N2OS/c1-5-15-10-8-7-9-11-12(10)18-13(16-11)14(3,4)17-6-2/h10,15H,5-9H2,1-4H3. The summed E-state index contributed by atoms with van der Waals surface area (Å²) in [6, 6.07) is 0.502. The molecule has 4 heteroatoms. The van der Waals surface area contributed by atoms with Crippen molar-refractivity contribution in [3.63, 3.8) is 0 Å². The molecule has 102 valence electrons. The molecule has 1 atom stereocenters. The molecule has 1 aliphatic rings. The highest BCUT2D eigenvalue weighted by Gasteiger charge is 2.30. The van der Waals surface area contributed by atoms with Gasteiger partial charge in [0.1, 0.15) is 10.6 Å². The summed E-state index contributed by atoms with van der Waals surface area (Å²) in [6.07, 6.45) is 3.59. The largest absolute Gasteiger partial charge is 0.369 e. The highest BCUT2D eigenvalue weighted by Crippen LogP contribution is 2.38. The first-order valence-corrected chi connectivity index (χ1v) is 7.77. The van der Waals surface area contributed by atoms with Crippen LogP contribution in [0.2, 0.25) is 0 Å². The summed E-state index contributed by atoms with van der Waals surface area (Å²) in [5.41, 5.74) is 1.04. The average Bonchev–Trinajstić information content (AvgIpc) is 2.75. The maximum absolute atomic E-state index is 5.82. The minimum Gasteiger partial charge on any atom is -0.369 e. The second-order valence-corrected chi connectivity index (χ2v) is 6.31. The summed E-state index contributed by atoms with van der Waals surface area (Å²) in [7, 11) is 0. The number of aromatic nitrogens is 1. The van der Waals surface area contributed by atoms with E-state index >= 15 is 0 Å². The fraction of sp³-hybridized carbons (Fsp3) is 0.786. The van der Waals surface area contributed by atoms with Crippen molar-refractivity contribution in [2.45, 2.75) is 58.6 Å². The Hall–Kier alpha value is -0.450. The Morgan fingerprint density at radius 2 is 2.22 bits per heavy atom. The van der Waals surface area contributed by atoms with Crippen molar-refractivity contribution in [1.29, 1.82) is 0 Å². The molecule has 1 heterocycles. The molecule has 0 aromatic carbocycles. The second kappa shape index (κ2) is 5.68. The molecule has 1 aromatic heterocycles. The van der Waals surface area contributed by atoms with E-state index in [4.69, 9.17) is 9.72 Å². The molecular weight excluding hydrogens is 244 g/mol. The molecule has 1 N–H and O–H groups in total. The molecule has 3 nitrogen and oxygen atoms in total. The van der Waals surface area contributed by atoms with Crippen molar-refractivity contribution in [2.24, 2.45) is 0 Å². The number of nitrogens with one attached hydrogen (secondary N) is 1. The summed E-state index contributed by atoms with van der Waals surface area (Å²) in [4.78, 5) is 6.26. The number of nitrogens with zero attached hydrogens (tertiary/aromatic N) is 1. The van der Waals surface area contributed by atoms with Crippen LogP contribution in [0.5, 0.6) is 0 Å². The van der Waals surface area contributed by atoms with Gasteiger partial charge in [0.25, 0.3) is 0 Å². The molecule has 2 rings (SSSR count). The lowest BCUT2D eigenvalue weighted by molar-refractivity contribution is -0.0142. The van der Waals surface area contributed by atoms with Crippen LogP contribution in [0, 0.1) is 0 Å². The molecule has 0 radical (unpaired) electrons. The van der Waals surface area contributed by atoms with Gasteiger partial charge in [0, 0.05) is 17.5 Å². The van der Waals surface area contributed by atoms with Gasteiger partial charge in [-0.2, -0.15) is 0 Å². The highest BCUT2D eigenvalue weighted by atomic mass is 32.1. The number of ether oxygens (including phenoxy) is 1. The first kappa shape index (κ1) is 14.0. The quantitative estimate of drug-likeness (QED) is 0.888. The minimum absolute atomic E-state index is 0.256. The molecule has 1 aliphatic carbocycles. The van der Waals surface area contributed by atoms with Gasteiger partial charge in [-0.05, 0) is 46.6 Å². The Bertz CT molecular complexity index is 400. The fourth-order valence-electron chi connectivity index (χ4n) is 2.54. The Kier molecular flexibility index (Phi) is 4.41. The Morgan fingerprint density at radius 1 is 1.44 bits per heavy atom. The fourth-order valence-corrected chi connectivity index (χ4v) is 3.82. The van der Waals surface area contributed by atoms with Gasteiger partial charge in [-0.25, -0.2) is 4.98 Å². The van der Waals surface area contributed by atoms with Gasteiger partial charge in [-0.1, -0.05) is 6.92 Å². The van der Waals surface area contributed by atoms with Crippen LogP contribution in [0.1, 0.15) is 62.2 Å².